The molecular weight excluding hydrogens is 217 g/mol. The molecule has 0 N–H and O–H groups in total. The van der Waals surface area contributed by atoms with E-state index in [0.29, 0.717) is 0 Å². The van der Waals surface area contributed by atoms with Crippen LogP contribution in [0.2, 0.25) is 0 Å². The Bertz CT molecular complexity index is 490. The fourth-order valence-electron chi connectivity index (χ4n) is 1.19. The van der Waals surface area contributed by atoms with Crippen molar-refractivity contribution in [2.75, 3.05) is 0 Å². The lowest BCUT2D eigenvalue weighted by atomic mass is 10.3. The number of sulfone groups is 1. The average molecular weight is 227 g/mol. The molecule has 1 aromatic rings. The zero-order valence-corrected chi connectivity index (χ0v) is 8.96. The molecule has 1 unspecified atom stereocenters. The largest absolute Gasteiger partial charge is 0.222 e. The van der Waals surface area contributed by atoms with E-state index < -0.39 is 20.9 Å². The van der Waals surface area contributed by atoms with Gasteiger partial charge in [0.25, 0.3) is 0 Å². The summed E-state index contributed by atoms with van der Waals surface area (Å²) in [6.45, 7) is 1.60. The molecule has 1 atom stereocenters. The summed E-state index contributed by atoms with van der Waals surface area (Å²) in [4.78, 5) is -0.143. The molecule has 0 spiro atoms. The van der Waals surface area contributed by atoms with E-state index in [2.05, 4.69) is 0 Å². The van der Waals surface area contributed by atoms with Crippen molar-refractivity contribution < 1.29 is 12.8 Å². The summed E-state index contributed by atoms with van der Waals surface area (Å²) in [5.41, 5.74) is 0. The van der Waals surface area contributed by atoms with E-state index in [-0.39, 0.29) is 11.3 Å². The van der Waals surface area contributed by atoms with Crippen LogP contribution in [0.25, 0.3) is 0 Å². The van der Waals surface area contributed by atoms with Crippen LogP contribution >= 0.6 is 0 Å². The zero-order valence-electron chi connectivity index (χ0n) is 8.14. The lowest BCUT2D eigenvalue weighted by Crippen LogP contribution is -2.18. The van der Waals surface area contributed by atoms with Crippen LogP contribution in [0.1, 0.15) is 13.3 Å². The Labute approximate surface area is 88.1 Å². The monoisotopic (exact) mass is 227 g/mol. The minimum absolute atomic E-state index is 0.143. The van der Waals surface area contributed by atoms with Gasteiger partial charge < -0.3 is 0 Å². The van der Waals surface area contributed by atoms with Crippen molar-refractivity contribution in [2.24, 2.45) is 0 Å². The first kappa shape index (κ1) is 11.7. The number of nitriles is 1. The first-order chi connectivity index (χ1) is 7.02. The molecule has 0 aliphatic rings. The van der Waals surface area contributed by atoms with Gasteiger partial charge in [-0.1, -0.05) is 13.0 Å². The first-order valence-electron chi connectivity index (χ1n) is 4.41. The molecule has 0 amide bonds. The summed E-state index contributed by atoms with van der Waals surface area (Å²) >= 11 is 0. The fourth-order valence-corrected chi connectivity index (χ4v) is 2.64. The molecule has 0 radical (unpaired) electrons. The number of rotatable bonds is 3. The van der Waals surface area contributed by atoms with Gasteiger partial charge in [0.05, 0.1) is 11.0 Å². The van der Waals surface area contributed by atoms with Gasteiger partial charge in [-0.2, -0.15) is 5.26 Å². The molecule has 0 aliphatic carbocycles. The molecule has 0 aromatic heterocycles. The van der Waals surface area contributed by atoms with E-state index in [1.165, 1.54) is 12.1 Å². The predicted octanol–water partition coefficient (Wildman–Crippen LogP) is 1.90. The van der Waals surface area contributed by atoms with E-state index in [9.17, 15) is 12.8 Å². The highest BCUT2D eigenvalue weighted by Gasteiger charge is 2.25. The van der Waals surface area contributed by atoms with E-state index >= 15 is 0 Å². The van der Waals surface area contributed by atoms with Gasteiger partial charge in [0.1, 0.15) is 5.82 Å². The average Bonchev–Trinajstić information content (AvgIpc) is 2.19. The van der Waals surface area contributed by atoms with Gasteiger partial charge in [-0.25, -0.2) is 12.8 Å². The van der Waals surface area contributed by atoms with Crippen molar-refractivity contribution in [3.05, 3.63) is 30.1 Å². The maximum Gasteiger partial charge on any atom is 0.194 e. The number of hydrogen-bond acceptors (Lipinski definition) is 3. The van der Waals surface area contributed by atoms with Gasteiger partial charge >= 0.3 is 0 Å². The molecule has 15 heavy (non-hydrogen) atoms. The summed E-state index contributed by atoms with van der Waals surface area (Å²) < 4.78 is 36.3. The van der Waals surface area contributed by atoms with Crippen LogP contribution < -0.4 is 0 Å². The third-order valence-corrected chi connectivity index (χ3v) is 4.11. The minimum Gasteiger partial charge on any atom is -0.222 e. The lowest BCUT2D eigenvalue weighted by Gasteiger charge is -2.07. The molecule has 1 rings (SSSR count). The van der Waals surface area contributed by atoms with Crippen LogP contribution in [-0.2, 0) is 9.84 Å². The molecule has 1 aromatic carbocycles. The highest BCUT2D eigenvalue weighted by molar-refractivity contribution is 7.92. The molecular formula is C10H10FNO2S. The molecule has 80 valence electrons. The summed E-state index contributed by atoms with van der Waals surface area (Å²) in [7, 11) is -3.72. The van der Waals surface area contributed by atoms with Crippen molar-refractivity contribution in [1.82, 2.24) is 0 Å². The van der Waals surface area contributed by atoms with Crippen LogP contribution in [0.4, 0.5) is 4.39 Å². The second-order valence-electron chi connectivity index (χ2n) is 3.03. The van der Waals surface area contributed by atoms with Gasteiger partial charge in [0.2, 0.25) is 0 Å². The summed E-state index contributed by atoms with van der Waals surface area (Å²) in [6.07, 6.45) is 0.190. The number of halogens is 1. The molecule has 0 heterocycles. The van der Waals surface area contributed by atoms with Crippen LogP contribution in [0.15, 0.2) is 29.2 Å². The molecule has 0 saturated heterocycles. The van der Waals surface area contributed by atoms with Crippen molar-refractivity contribution in [3.63, 3.8) is 0 Å². The van der Waals surface area contributed by atoms with Gasteiger partial charge in [-0.15, -0.1) is 0 Å². The Morgan fingerprint density at radius 3 is 2.67 bits per heavy atom. The maximum absolute atomic E-state index is 12.8. The third-order valence-electron chi connectivity index (χ3n) is 2.01. The van der Waals surface area contributed by atoms with Crippen molar-refractivity contribution in [2.45, 2.75) is 23.5 Å². The predicted molar refractivity (Wildman–Crippen MR) is 53.3 cm³/mol. The van der Waals surface area contributed by atoms with Gasteiger partial charge in [0, 0.05) is 0 Å². The molecule has 3 nitrogen and oxygen atoms in total. The molecule has 0 fully saturated rings. The Hall–Kier alpha value is -1.41. The summed E-state index contributed by atoms with van der Waals surface area (Å²) in [5.74, 6) is -0.621. The first-order valence-corrected chi connectivity index (χ1v) is 5.96. The molecule has 0 bridgehead atoms. The zero-order chi connectivity index (χ0) is 11.5. The normalized spacial score (nSPS) is 13.1. The summed E-state index contributed by atoms with van der Waals surface area (Å²) in [6, 6.07) is 6.39. The van der Waals surface area contributed by atoms with Crippen LogP contribution in [0.5, 0.6) is 0 Å². The van der Waals surface area contributed by atoms with Crippen LogP contribution in [0, 0.1) is 17.1 Å². The molecule has 5 heteroatoms. The summed E-state index contributed by atoms with van der Waals surface area (Å²) in [5, 5.41) is 7.56. The van der Waals surface area contributed by atoms with Crippen molar-refractivity contribution >= 4 is 9.84 Å². The van der Waals surface area contributed by atoms with E-state index in [1.54, 1.807) is 13.0 Å². The minimum atomic E-state index is -3.72. The fraction of sp³-hybridized carbons (Fsp3) is 0.300. The van der Waals surface area contributed by atoms with Gasteiger partial charge in [0.15, 0.2) is 15.1 Å². The van der Waals surface area contributed by atoms with Crippen molar-refractivity contribution in [3.8, 4) is 6.07 Å². The van der Waals surface area contributed by atoms with Gasteiger partial charge in [-0.05, 0) is 24.6 Å². The Morgan fingerprint density at radius 2 is 2.20 bits per heavy atom. The van der Waals surface area contributed by atoms with Gasteiger partial charge in [-0.3, -0.25) is 0 Å². The highest BCUT2D eigenvalue weighted by atomic mass is 32.2. The highest BCUT2D eigenvalue weighted by Crippen LogP contribution is 2.18. The number of hydrogen-bond donors (Lipinski definition) is 0. The Balaban J connectivity index is 3.24. The van der Waals surface area contributed by atoms with Crippen LogP contribution in [-0.4, -0.2) is 13.7 Å². The lowest BCUT2D eigenvalue weighted by molar-refractivity contribution is 0.583. The smallest absolute Gasteiger partial charge is 0.194 e. The van der Waals surface area contributed by atoms with E-state index in [1.807, 2.05) is 0 Å². The third kappa shape index (κ3) is 2.34. The van der Waals surface area contributed by atoms with Crippen molar-refractivity contribution in [1.29, 1.82) is 5.26 Å². The Morgan fingerprint density at radius 1 is 1.53 bits per heavy atom. The second-order valence-corrected chi connectivity index (χ2v) is 5.16. The quantitative estimate of drug-likeness (QED) is 0.792. The van der Waals surface area contributed by atoms with E-state index in [0.717, 1.165) is 12.1 Å². The number of benzene rings is 1. The number of nitrogens with zero attached hydrogens (tertiary/aromatic N) is 1. The molecule has 0 saturated carbocycles. The second kappa shape index (κ2) is 4.41. The van der Waals surface area contributed by atoms with Crippen LogP contribution in [0.3, 0.4) is 0 Å². The topological polar surface area (TPSA) is 57.9 Å². The maximum atomic E-state index is 12.8. The standard InChI is InChI=1S/C10H10FNO2S/c1-2-9(7-12)15(13,14)10-5-3-4-8(11)6-10/h3-6,9H,2H2,1H3. The Kier molecular flexibility index (Phi) is 3.43. The SMILES string of the molecule is CCC(C#N)S(=O)(=O)c1cccc(F)c1. The van der Waals surface area contributed by atoms with E-state index in [4.69, 9.17) is 5.26 Å². The molecule has 0 aliphatic heterocycles.